The van der Waals surface area contributed by atoms with E-state index < -0.39 is 9.84 Å². The van der Waals surface area contributed by atoms with Gasteiger partial charge in [-0.1, -0.05) is 0 Å². The quantitative estimate of drug-likeness (QED) is 0.649. The minimum Gasteiger partial charge on any atom is -0.493 e. The second-order valence-corrected chi connectivity index (χ2v) is 9.75. The van der Waals surface area contributed by atoms with Crippen molar-refractivity contribution in [2.24, 2.45) is 0 Å². The Hall–Kier alpha value is -2.81. The molecular weight excluding hydrogens is 394 g/mol. The number of methoxy groups -OCH3 is 1. The number of hydrogen-bond acceptors (Lipinski definition) is 7. The SMILES string of the molecule is COc1cc(-c2cc(C)c3c(C)nn(C4CCS(=O)(=O)C4)c3n2)cc2c1OCO2. The van der Waals surface area contributed by atoms with E-state index in [2.05, 4.69) is 5.10 Å². The van der Waals surface area contributed by atoms with Gasteiger partial charge in [-0.05, 0) is 44.0 Å². The number of benzene rings is 1. The molecule has 29 heavy (non-hydrogen) atoms. The lowest BCUT2D eigenvalue weighted by Gasteiger charge is -2.12. The van der Waals surface area contributed by atoms with Crippen molar-refractivity contribution < 1.29 is 22.6 Å². The monoisotopic (exact) mass is 415 g/mol. The zero-order valence-corrected chi connectivity index (χ0v) is 17.2. The molecule has 0 radical (unpaired) electrons. The lowest BCUT2D eigenvalue weighted by molar-refractivity contribution is 0.171. The third kappa shape index (κ3) is 2.91. The molecule has 2 aromatic heterocycles. The van der Waals surface area contributed by atoms with E-state index >= 15 is 0 Å². The highest BCUT2D eigenvalue weighted by Gasteiger charge is 2.32. The van der Waals surface area contributed by atoms with Crippen LogP contribution in [0, 0.1) is 13.8 Å². The Kier molecular flexibility index (Phi) is 3.99. The number of nitrogens with zero attached hydrogens (tertiary/aromatic N) is 3. The van der Waals surface area contributed by atoms with Crippen LogP contribution in [-0.4, -0.2) is 48.6 Å². The molecule has 1 unspecified atom stereocenters. The first-order valence-electron chi connectivity index (χ1n) is 9.41. The number of fused-ring (bicyclic) bond motifs is 2. The van der Waals surface area contributed by atoms with Gasteiger partial charge in [-0.3, -0.25) is 0 Å². The van der Waals surface area contributed by atoms with Crippen molar-refractivity contribution in [3.05, 3.63) is 29.5 Å². The van der Waals surface area contributed by atoms with Gasteiger partial charge in [-0.25, -0.2) is 18.1 Å². The highest BCUT2D eigenvalue weighted by molar-refractivity contribution is 7.91. The average molecular weight is 415 g/mol. The van der Waals surface area contributed by atoms with Gasteiger partial charge < -0.3 is 14.2 Å². The molecule has 5 rings (SSSR count). The summed E-state index contributed by atoms with van der Waals surface area (Å²) < 4.78 is 42.2. The summed E-state index contributed by atoms with van der Waals surface area (Å²) in [5.74, 6) is 2.08. The van der Waals surface area contributed by atoms with Gasteiger partial charge >= 0.3 is 0 Å². The zero-order chi connectivity index (χ0) is 20.3. The fourth-order valence-corrected chi connectivity index (χ4v) is 5.87. The molecule has 9 heteroatoms. The Morgan fingerprint density at radius 2 is 2.03 bits per heavy atom. The van der Waals surface area contributed by atoms with Gasteiger partial charge in [0.2, 0.25) is 12.5 Å². The molecule has 0 amide bonds. The summed E-state index contributed by atoms with van der Waals surface area (Å²) in [5, 5.41) is 5.61. The summed E-state index contributed by atoms with van der Waals surface area (Å²) in [4.78, 5) is 4.87. The van der Waals surface area contributed by atoms with Crippen molar-refractivity contribution in [3.63, 3.8) is 0 Å². The lowest BCUT2D eigenvalue weighted by Crippen LogP contribution is -2.13. The molecule has 1 fully saturated rings. The van der Waals surface area contributed by atoms with Crippen LogP contribution in [0.3, 0.4) is 0 Å². The lowest BCUT2D eigenvalue weighted by atomic mass is 10.1. The van der Waals surface area contributed by atoms with Crippen molar-refractivity contribution in [1.29, 1.82) is 0 Å². The van der Waals surface area contributed by atoms with E-state index in [9.17, 15) is 8.42 Å². The maximum Gasteiger partial charge on any atom is 0.231 e. The van der Waals surface area contributed by atoms with Crippen LogP contribution in [0.15, 0.2) is 18.2 Å². The first kappa shape index (κ1) is 18.2. The van der Waals surface area contributed by atoms with Crippen LogP contribution in [0.5, 0.6) is 17.2 Å². The second-order valence-electron chi connectivity index (χ2n) is 7.52. The second kappa shape index (κ2) is 6.35. The number of hydrogen-bond donors (Lipinski definition) is 0. The predicted octanol–water partition coefficient (Wildman–Crippen LogP) is 2.81. The van der Waals surface area contributed by atoms with Gasteiger partial charge in [0, 0.05) is 10.9 Å². The third-order valence-corrected chi connectivity index (χ3v) is 7.29. The molecule has 152 valence electrons. The van der Waals surface area contributed by atoms with E-state index in [1.54, 1.807) is 11.8 Å². The van der Waals surface area contributed by atoms with Gasteiger partial charge in [0.05, 0.1) is 36.0 Å². The van der Waals surface area contributed by atoms with E-state index in [1.807, 2.05) is 32.0 Å². The maximum atomic E-state index is 12.0. The number of pyridine rings is 1. The third-order valence-electron chi connectivity index (χ3n) is 5.54. The number of sulfone groups is 1. The van der Waals surface area contributed by atoms with Gasteiger partial charge in [0.1, 0.15) is 0 Å². The summed E-state index contributed by atoms with van der Waals surface area (Å²) in [6.45, 7) is 4.10. The largest absolute Gasteiger partial charge is 0.493 e. The standard InChI is InChI=1S/C20H21N3O5S/c1-11-6-15(13-7-16(26-3)19-17(8-13)27-10-28-19)21-20-18(11)12(2)22-23(20)14-4-5-29(24,25)9-14/h6-8,14H,4-5,9-10H2,1-3H3. The molecular formula is C20H21N3O5S. The molecule has 0 spiro atoms. The highest BCUT2D eigenvalue weighted by Crippen LogP contribution is 2.44. The Bertz CT molecular complexity index is 1250. The fourth-order valence-electron chi connectivity index (χ4n) is 4.18. The van der Waals surface area contributed by atoms with E-state index in [1.165, 1.54) is 0 Å². The molecule has 2 aliphatic heterocycles. The minimum absolute atomic E-state index is 0.103. The van der Waals surface area contributed by atoms with Gasteiger partial charge in [0.25, 0.3) is 0 Å². The predicted molar refractivity (Wildman–Crippen MR) is 107 cm³/mol. The zero-order valence-electron chi connectivity index (χ0n) is 16.4. The van der Waals surface area contributed by atoms with Crippen molar-refractivity contribution in [2.45, 2.75) is 26.3 Å². The molecule has 8 nitrogen and oxygen atoms in total. The molecule has 2 aliphatic rings. The molecule has 0 N–H and O–H groups in total. The van der Waals surface area contributed by atoms with Gasteiger partial charge in [-0.15, -0.1) is 0 Å². The van der Waals surface area contributed by atoms with E-state index in [-0.39, 0.29) is 24.3 Å². The van der Waals surface area contributed by atoms with Crippen LogP contribution in [0.2, 0.25) is 0 Å². The summed E-state index contributed by atoms with van der Waals surface area (Å²) in [7, 11) is -1.44. The topological polar surface area (TPSA) is 92.5 Å². The normalized spacial score (nSPS) is 19.8. The van der Waals surface area contributed by atoms with Crippen LogP contribution in [0.4, 0.5) is 0 Å². The summed E-state index contributed by atoms with van der Waals surface area (Å²) in [6.07, 6.45) is 0.557. The number of aryl methyl sites for hydroxylation is 2. The average Bonchev–Trinajstić information content (AvgIpc) is 3.37. The van der Waals surface area contributed by atoms with Crippen molar-refractivity contribution in [1.82, 2.24) is 14.8 Å². The summed E-state index contributed by atoms with van der Waals surface area (Å²) >= 11 is 0. The smallest absolute Gasteiger partial charge is 0.231 e. The van der Waals surface area contributed by atoms with Crippen LogP contribution < -0.4 is 14.2 Å². The molecule has 1 atom stereocenters. The number of rotatable bonds is 3. The van der Waals surface area contributed by atoms with Crippen LogP contribution in [0.25, 0.3) is 22.3 Å². The Labute approximate surface area is 168 Å². The van der Waals surface area contributed by atoms with Crippen LogP contribution >= 0.6 is 0 Å². The van der Waals surface area contributed by atoms with Crippen molar-refractivity contribution in [2.75, 3.05) is 25.4 Å². The number of aromatic nitrogens is 3. The Balaban J connectivity index is 1.68. The molecule has 0 saturated carbocycles. The molecule has 0 bridgehead atoms. The summed E-state index contributed by atoms with van der Waals surface area (Å²) in [5.41, 5.74) is 4.17. The maximum absolute atomic E-state index is 12.0. The highest BCUT2D eigenvalue weighted by atomic mass is 32.2. The van der Waals surface area contributed by atoms with Crippen LogP contribution in [-0.2, 0) is 9.84 Å². The summed E-state index contributed by atoms with van der Waals surface area (Å²) in [6, 6.07) is 5.56. The van der Waals surface area contributed by atoms with Crippen LogP contribution in [0.1, 0.15) is 23.7 Å². The number of ether oxygens (including phenoxy) is 3. The van der Waals surface area contributed by atoms with Gasteiger partial charge in [0.15, 0.2) is 27.0 Å². The molecule has 3 aromatic rings. The fraction of sp³-hybridized carbons (Fsp3) is 0.400. The first-order chi connectivity index (χ1) is 13.9. The van der Waals surface area contributed by atoms with E-state index in [0.717, 1.165) is 27.9 Å². The van der Waals surface area contributed by atoms with Gasteiger partial charge in [-0.2, -0.15) is 5.10 Å². The van der Waals surface area contributed by atoms with E-state index in [4.69, 9.17) is 19.2 Å². The molecule has 1 aromatic carbocycles. The molecule has 1 saturated heterocycles. The Morgan fingerprint density at radius 3 is 2.76 bits per heavy atom. The molecule has 0 aliphatic carbocycles. The van der Waals surface area contributed by atoms with Crippen molar-refractivity contribution >= 4 is 20.9 Å². The first-order valence-corrected chi connectivity index (χ1v) is 11.2. The Morgan fingerprint density at radius 1 is 1.21 bits per heavy atom. The van der Waals surface area contributed by atoms with Crippen molar-refractivity contribution in [3.8, 4) is 28.5 Å². The van der Waals surface area contributed by atoms with E-state index in [0.29, 0.717) is 29.3 Å². The molecule has 4 heterocycles. The minimum atomic E-state index is -3.03.